The Bertz CT molecular complexity index is 433. The van der Waals surface area contributed by atoms with Crippen LogP contribution in [0.5, 0.6) is 11.5 Å². The molecule has 0 radical (unpaired) electrons. The smallest absolute Gasteiger partial charge is 0.162 e. The van der Waals surface area contributed by atoms with Gasteiger partial charge in [-0.15, -0.1) is 11.8 Å². The Balaban J connectivity index is 2.02. The van der Waals surface area contributed by atoms with E-state index in [9.17, 15) is 0 Å². The third-order valence-corrected chi connectivity index (χ3v) is 4.67. The van der Waals surface area contributed by atoms with E-state index in [1.54, 1.807) is 11.8 Å². The monoisotopic (exact) mass is 295 g/mol. The largest absolute Gasteiger partial charge is 0.486 e. The van der Waals surface area contributed by atoms with Gasteiger partial charge in [-0.1, -0.05) is 26.7 Å². The second-order valence-corrected chi connectivity index (χ2v) is 5.97. The van der Waals surface area contributed by atoms with Crippen molar-refractivity contribution in [3.05, 3.63) is 17.7 Å². The minimum Gasteiger partial charge on any atom is -0.486 e. The molecule has 0 saturated carbocycles. The van der Waals surface area contributed by atoms with Crippen molar-refractivity contribution in [2.75, 3.05) is 26.0 Å². The fourth-order valence-electron chi connectivity index (χ4n) is 2.43. The Morgan fingerprint density at radius 1 is 1.15 bits per heavy atom. The molecule has 0 atom stereocenters. The lowest BCUT2D eigenvalue weighted by atomic mass is 10.0. The normalized spacial score (nSPS) is 13.8. The number of nitrogens with one attached hydrogen (secondary N) is 1. The summed E-state index contributed by atoms with van der Waals surface area (Å²) in [5.41, 5.74) is 1.30. The molecule has 4 heteroatoms. The van der Waals surface area contributed by atoms with Gasteiger partial charge in [-0.2, -0.15) is 0 Å². The van der Waals surface area contributed by atoms with Gasteiger partial charge in [0.25, 0.3) is 0 Å². The minimum atomic E-state index is 0.645. The maximum Gasteiger partial charge on any atom is 0.162 e. The first-order valence-corrected chi connectivity index (χ1v) is 8.68. The lowest BCUT2D eigenvalue weighted by Crippen LogP contribution is -2.22. The number of fused-ring (bicyclic) bond motifs is 1. The van der Waals surface area contributed by atoms with Crippen LogP contribution in [0, 0.1) is 5.92 Å². The molecule has 0 bridgehead atoms. The molecule has 0 fully saturated rings. The Morgan fingerprint density at radius 3 is 2.40 bits per heavy atom. The molecule has 0 saturated heterocycles. The molecule has 0 aromatic heterocycles. The first-order chi connectivity index (χ1) is 9.78. The summed E-state index contributed by atoms with van der Waals surface area (Å²) >= 11 is 1.76. The molecular weight excluding hydrogens is 270 g/mol. The second-order valence-electron chi connectivity index (χ2n) is 5.12. The van der Waals surface area contributed by atoms with Crippen molar-refractivity contribution < 1.29 is 9.47 Å². The summed E-state index contributed by atoms with van der Waals surface area (Å²) in [5.74, 6) is 2.53. The number of rotatable bonds is 7. The molecule has 1 heterocycles. The van der Waals surface area contributed by atoms with Crippen molar-refractivity contribution >= 4 is 11.8 Å². The molecule has 0 amide bonds. The zero-order valence-corrected chi connectivity index (χ0v) is 13.5. The molecule has 0 unspecified atom stereocenters. The van der Waals surface area contributed by atoms with E-state index in [4.69, 9.17) is 9.47 Å². The lowest BCUT2D eigenvalue weighted by molar-refractivity contribution is 0.171. The Kier molecular flexibility index (Phi) is 6.05. The average molecular weight is 295 g/mol. The van der Waals surface area contributed by atoms with E-state index >= 15 is 0 Å². The number of hydrogen-bond acceptors (Lipinski definition) is 4. The topological polar surface area (TPSA) is 30.5 Å². The highest BCUT2D eigenvalue weighted by molar-refractivity contribution is 7.98. The lowest BCUT2D eigenvalue weighted by Gasteiger charge is -2.21. The quantitative estimate of drug-likeness (QED) is 0.777. The van der Waals surface area contributed by atoms with Gasteiger partial charge in [0.05, 0.1) is 0 Å². The third kappa shape index (κ3) is 3.83. The maximum absolute atomic E-state index is 5.67. The van der Waals surface area contributed by atoms with Gasteiger partial charge < -0.3 is 14.8 Å². The molecular formula is C16H25NO2S. The molecule has 1 aliphatic rings. The van der Waals surface area contributed by atoms with E-state index < -0.39 is 0 Å². The Labute approximate surface area is 126 Å². The van der Waals surface area contributed by atoms with Crippen molar-refractivity contribution in [2.45, 2.75) is 38.1 Å². The predicted octanol–water partition coefficient (Wildman–Crippen LogP) is 3.71. The molecule has 0 aliphatic carbocycles. The molecule has 1 aromatic carbocycles. The molecule has 20 heavy (non-hydrogen) atoms. The summed E-state index contributed by atoms with van der Waals surface area (Å²) < 4.78 is 11.3. The van der Waals surface area contributed by atoms with Crippen molar-refractivity contribution in [3.8, 4) is 11.5 Å². The van der Waals surface area contributed by atoms with Gasteiger partial charge in [-0.25, -0.2) is 0 Å². The summed E-state index contributed by atoms with van der Waals surface area (Å²) in [4.78, 5) is 1.27. The third-order valence-electron chi connectivity index (χ3n) is 3.85. The van der Waals surface area contributed by atoms with Gasteiger partial charge in [0.1, 0.15) is 13.2 Å². The summed E-state index contributed by atoms with van der Waals surface area (Å²) in [6.07, 6.45) is 4.58. The van der Waals surface area contributed by atoms with Crippen molar-refractivity contribution in [1.29, 1.82) is 0 Å². The van der Waals surface area contributed by atoms with E-state index in [1.165, 1.54) is 23.3 Å². The highest BCUT2D eigenvalue weighted by Crippen LogP contribution is 2.36. The Morgan fingerprint density at radius 2 is 1.80 bits per heavy atom. The number of thioether (sulfide) groups is 1. The summed E-state index contributed by atoms with van der Waals surface area (Å²) in [5, 5.41) is 3.58. The first-order valence-electron chi connectivity index (χ1n) is 7.45. The zero-order valence-electron chi connectivity index (χ0n) is 12.7. The fourth-order valence-corrected chi connectivity index (χ4v) is 3.05. The van der Waals surface area contributed by atoms with Crippen LogP contribution < -0.4 is 14.8 Å². The van der Waals surface area contributed by atoms with E-state index in [-0.39, 0.29) is 0 Å². The predicted molar refractivity (Wildman–Crippen MR) is 85.0 cm³/mol. The van der Waals surface area contributed by atoms with Crippen molar-refractivity contribution in [2.24, 2.45) is 5.92 Å². The van der Waals surface area contributed by atoms with Gasteiger partial charge in [-0.3, -0.25) is 0 Å². The first kappa shape index (κ1) is 15.5. The second kappa shape index (κ2) is 7.79. The van der Waals surface area contributed by atoms with Crippen LogP contribution in [0.3, 0.4) is 0 Å². The molecule has 112 valence electrons. The van der Waals surface area contributed by atoms with Crippen molar-refractivity contribution in [1.82, 2.24) is 5.32 Å². The molecule has 1 N–H and O–H groups in total. The SMILES string of the molecule is CCC(CC)CNCc1cc2c(cc1SC)OCCO2. The van der Waals surface area contributed by atoms with E-state index in [0.29, 0.717) is 13.2 Å². The Hall–Kier alpha value is -0.870. The van der Waals surface area contributed by atoms with Crippen molar-refractivity contribution in [3.63, 3.8) is 0 Å². The summed E-state index contributed by atoms with van der Waals surface area (Å²) in [6, 6.07) is 4.23. The molecule has 3 nitrogen and oxygen atoms in total. The van der Waals surface area contributed by atoms with Crippen LogP contribution in [-0.2, 0) is 6.54 Å². The van der Waals surface area contributed by atoms with Gasteiger partial charge in [-0.05, 0) is 36.4 Å². The van der Waals surface area contributed by atoms with Crippen LogP contribution in [0.4, 0.5) is 0 Å². The highest BCUT2D eigenvalue weighted by Gasteiger charge is 2.15. The van der Waals surface area contributed by atoms with Crippen LogP contribution in [0.2, 0.25) is 0 Å². The molecule has 1 aliphatic heterocycles. The highest BCUT2D eigenvalue weighted by atomic mass is 32.2. The van der Waals surface area contributed by atoms with Gasteiger partial charge in [0.15, 0.2) is 11.5 Å². The fraction of sp³-hybridized carbons (Fsp3) is 0.625. The zero-order chi connectivity index (χ0) is 14.4. The number of hydrogen-bond donors (Lipinski definition) is 1. The van der Waals surface area contributed by atoms with E-state index in [0.717, 1.165) is 30.5 Å². The van der Waals surface area contributed by atoms with Crippen LogP contribution >= 0.6 is 11.8 Å². The molecule has 1 aromatic rings. The van der Waals surface area contributed by atoms with Gasteiger partial charge in [0, 0.05) is 11.4 Å². The van der Waals surface area contributed by atoms with E-state index in [1.807, 2.05) is 0 Å². The summed E-state index contributed by atoms with van der Waals surface area (Å²) in [7, 11) is 0. The van der Waals surface area contributed by atoms with Crippen LogP contribution in [0.25, 0.3) is 0 Å². The maximum atomic E-state index is 5.67. The summed E-state index contributed by atoms with van der Waals surface area (Å²) in [6.45, 7) is 7.78. The van der Waals surface area contributed by atoms with Gasteiger partial charge in [0.2, 0.25) is 0 Å². The van der Waals surface area contributed by atoms with Crippen LogP contribution in [-0.4, -0.2) is 26.0 Å². The van der Waals surface area contributed by atoms with Gasteiger partial charge >= 0.3 is 0 Å². The number of benzene rings is 1. The van der Waals surface area contributed by atoms with Crippen LogP contribution in [0.1, 0.15) is 32.3 Å². The standard InChI is InChI=1S/C16H25NO2S/c1-4-12(5-2)10-17-11-13-8-14-15(9-16(13)20-3)19-7-6-18-14/h8-9,12,17H,4-7,10-11H2,1-3H3. The minimum absolute atomic E-state index is 0.645. The number of ether oxygens (including phenoxy) is 2. The van der Waals surface area contributed by atoms with Crippen LogP contribution in [0.15, 0.2) is 17.0 Å². The average Bonchev–Trinajstić information content (AvgIpc) is 2.50. The molecule has 0 spiro atoms. The molecule has 2 rings (SSSR count). The van der Waals surface area contributed by atoms with E-state index in [2.05, 4.69) is 37.6 Å².